The Balaban J connectivity index is 1.11. The van der Waals surface area contributed by atoms with Crippen molar-refractivity contribution in [3.8, 4) is 55.6 Å². The van der Waals surface area contributed by atoms with Gasteiger partial charge in [0.15, 0.2) is 0 Å². The summed E-state index contributed by atoms with van der Waals surface area (Å²) in [5.41, 5.74) is 15.5. The maximum absolute atomic E-state index is 2.43. The van der Waals surface area contributed by atoms with Crippen LogP contribution in [0.5, 0.6) is 0 Å². The van der Waals surface area contributed by atoms with Crippen molar-refractivity contribution in [2.45, 2.75) is 19.3 Å². The first-order valence-electron chi connectivity index (χ1n) is 19.4. The van der Waals surface area contributed by atoms with Crippen molar-refractivity contribution in [2.24, 2.45) is 0 Å². The van der Waals surface area contributed by atoms with Gasteiger partial charge in [-0.05, 0) is 122 Å². The fraction of sp³-hybridized carbons (Fsp3) is 0.0545. The van der Waals surface area contributed by atoms with Gasteiger partial charge in [-0.25, -0.2) is 0 Å². The van der Waals surface area contributed by atoms with E-state index in [1.54, 1.807) is 0 Å². The van der Waals surface area contributed by atoms with E-state index in [2.05, 4.69) is 208 Å². The highest BCUT2D eigenvalue weighted by atomic mass is 14.4. The topological polar surface area (TPSA) is 0 Å². The number of hydrogen-bond acceptors (Lipinski definition) is 0. The third-order valence-corrected chi connectivity index (χ3v) is 12.2. The largest absolute Gasteiger partial charge is 0.0616 e. The molecule has 0 unspecified atom stereocenters. The minimum Gasteiger partial charge on any atom is -0.0616 e. The van der Waals surface area contributed by atoms with Crippen molar-refractivity contribution in [1.82, 2.24) is 0 Å². The number of rotatable bonds is 4. The Hall–Kier alpha value is -6.76. The molecular formula is C55H38. The van der Waals surface area contributed by atoms with Gasteiger partial charge in [-0.3, -0.25) is 0 Å². The minimum atomic E-state index is -0.0717. The molecule has 0 atom stereocenters. The lowest BCUT2D eigenvalue weighted by Gasteiger charge is -2.23. The molecule has 1 aliphatic carbocycles. The maximum atomic E-state index is 2.43. The molecule has 258 valence electrons. The summed E-state index contributed by atoms with van der Waals surface area (Å²) in [5, 5.41) is 10.2. The van der Waals surface area contributed by atoms with Crippen LogP contribution in [0.15, 0.2) is 194 Å². The van der Waals surface area contributed by atoms with Gasteiger partial charge in [0.1, 0.15) is 0 Å². The Morgan fingerprint density at radius 1 is 0.291 bits per heavy atom. The van der Waals surface area contributed by atoms with E-state index in [0.29, 0.717) is 0 Å². The molecule has 0 bridgehead atoms. The Labute approximate surface area is 322 Å². The van der Waals surface area contributed by atoms with Gasteiger partial charge in [-0.2, -0.15) is 0 Å². The third kappa shape index (κ3) is 4.78. The van der Waals surface area contributed by atoms with Gasteiger partial charge in [0, 0.05) is 5.41 Å². The van der Waals surface area contributed by atoms with E-state index >= 15 is 0 Å². The molecule has 0 heterocycles. The number of hydrogen-bond donors (Lipinski definition) is 0. The molecule has 0 saturated heterocycles. The van der Waals surface area contributed by atoms with Gasteiger partial charge in [-0.1, -0.05) is 196 Å². The Kier molecular flexibility index (Phi) is 7.00. The van der Waals surface area contributed by atoms with Crippen LogP contribution in [-0.4, -0.2) is 0 Å². The summed E-state index contributed by atoms with van der Waals surface area (Å²) in [6.07, 6.45) is 0. The quantitative estimate of drug-likeness (QED) is 0.161. The highest BCUT2D eigenvalue weighted by Crippen LogP contribution is 2.53. The van der Waals surface area contributed by atoms with E-state index in [1.165, 1.54) is 110 Å². The normalized spacial score (nSPS) is 13.1. The molecular weight excluding hydrogens is 661 g/mol. The Bertz CT molecular complexity index is 3110. The predicted octanol–water partition coefficient (Wildman–Crippen LogP) is 15.3. The molecule has 0 saturated carbocycles. The van der Waals surface area contributed by atoms with Crippen LogP contribution in [0.4, 0.5) is 0 Å². The van der Waals surface area contributed by atoms with Crippen molar-refractivity contribution >= 4 is 43.1 Å². The minimum absolute atomic E-state index is 0.0717. The van der Waals surface area contributed by atoms with Crippen molar-refractivity contribution < 1.29 is 0 Å². The molecule has 0 amide bonds. The molecule has 0 radical (unpaired) electrons. The van der Waals surface area contributed by atoms with Gasteiger partial charge in [0.05, 0.1) is 0 Å². The van der Waals surface area contributed by atoms with Crippen molar-refractivity contribution in [1.29, 1.82) is 0 Å². The lowest BCUT2D eigenvalue weighted by Crippen LogP contribution is -2.15. The van der Waals surface area contributed by atoms with Gasteiger partial charge < -0.3 is 0 Å². The smallest absolute Gasteiger partial charge is 0.0165 e. The number of benzene rings is 10. The highest BCUT2D eigenvalue weighted by molar-refractivity contribution is 6.23. The maximum Gasteiger partial charge on any atom is 0.0165 e. The van der Waals surface area contributed by atoms with Gasteiger partial charge in [-0.15, -0.1) is 0 Å². The molecule has 0 nitrogen and oxygen atoms in total. The Morgan fingerprint density at radius 3 is 1.53 bits per heavy atom. The molecule has 0 aromatic heterocycles. The second kappa shape index (κ2) is 12.1. The third-order valence-electron chi connectivity index (χ3n) is 12.2. The van der Waals surface area contributed by atoms with E-state index in [9.17, 15) is 0 Å². The fourth-order valence-corrected chi connectivity index (χ4v) is 9.78. The lowest BCUT2D eigenvalue weighted by molar-refractivity contribution is 0.666. The summed E-state index contributed by atoms with van der Waals surface area (Å²) in [5.74, 6) is 0. The lowest BCUT2D eigenvalue weighted by atomic mass is 9.80. The predicted molar refractivity (Wildman–Crippen MR) is 236 cm³/mol. The standard InChI is InChI=1S/C55H38/c1-55(2)51-32-30-38(34-50(51)49-31-29-36-16-4-6-21-41(36)54(49)55)37-18-13-19-39(33-37)52-45-24-9-11-26-47(45)53(48-27-12-10-25-46(48)52)44-23-8-7-22-43(44)42-28-14-17-35-15-3-5-20-40(35)42/h3-34H,1-2H3. The zero-order valence-electron chi connectivity index (χ0n) is 31.0. The van der Waals surface area contributed by atoms with Crippen LogP contribution >= 0.6 is 0 Å². The molecule has 0 heteroatoms. The molecule has 10 aromatic rings. The van der Waals surface area contributed by atoms with E-state index in [4.69, 9.17) is 0 Å². The monoisotopic (exact) mass is 698 g/mol. The average Bonchev–Trinajstić information content (AvgIpc) is 3.48. The van der Waals surface area contributed by atoms with Crippen LogP contribution in [0.3, 0.4) is 0 Å². The SMILES string of the molecule is CC1(C)c2ccc(-c3cccc(-c4c5ccccc5c(-c5ccccc5-c5cccc6ccccc56)c5ccccc45)c3)cc2-c2ccc3ccccc3c21. The van der Waals surface area contributed by atoms with E-state index in [0.717, 1.165) is 0 Å². The molecule has 0 aliphatic heterocycles. The zero-order valence-corrected chi connectivity index (χ0v) is 31.0. The van der Waals surface area contributed by atoms with Crippen molar-refractivity contribution in [3.05, 3.63) is 205 Å². The molecule has 10 aromatic carbocycles. The molecule has 0 N–H and O–H groups in total. The first kappa shape index (κ1) is 31.7. The molecule has 1 aliphatic rings. The summed E-state index contributed by atoms with van der Waals surface area (Å²) >= 11 is 0. The van der Waals surface area contributed by atoms with E-state index < -0.39 is 0 Å². The van der Waals surface area contributed by atoms with Gasteiger partial charge in [0.2, 0.25) is 0 Å². The summed E-state index contributed by atoms with van der Waals surface area (Å²) in [6, 6.07) is 72.1. The van der Waals surface area contributed by atoms with Crippen LogP contribution in [-0.2, 0) is 5.41 Å². The summed E-state index contributed by atoms with van der Waals surface area (Å²) in [4.78, 5) is 0. The van der Waals surface area contributed by atoms with Crippen LogP contribution in [0, 0.1) is 0 Å². The first-order valence-corrected chi connectivity index (χ1v) is 19.4. The van der Waals surface area contributed by atoms with Crippen molar-refractivity contribution in [3.63, 3.8) is 0 Å². The average molecular weight is 699 g/mol. The van der Waals surface area contributed by atoms with E-state index in [-0.39, 0.29) is 5.41 Å². The summed E-state index contributed by atoms with van der Waals surface area (Å²) in [6.45, 7) is 4.76. The molecule has 55 heavy (non-hydrogen) atoms. The first-order chi connectivity index (χ1) is 27.1. The van der Waals surface area contributed by atoms with Crippen LogP contribution < -0.4 is 0 Å². The van der Waals surface area contributed by atoms with Crippen LogP contribution in [0.25, 0.3) is 98.7 Å². The summed E-state index contributed by atoms with van der Waals surface area (Å²) in [7, 11) is 0. The second-order valence-electron chi connectivity index (χ2n) is 15.6. The van der Waals surface area contributed by atoms with Crippen molar-refractivity contribution in [2.75, 3.05) is 0 Å². The zero-order chi connectivity index (χ0) is 36.7. The van der Waals surface area contributed by atoms with Gasteiger partial charge in [0.25, 0.3) is 0 Å². The number of fused-ring (bicyclic) bond motifs is 8. The van der Waals surface area contributed by atoms with E-state index in [1.807, 2.05) is 0 Å². The second-order valence-corrected chi connectivity index (χ2v) is 15.6. The molecule has 11 rings (SSSR count). The Morgan fingerprint density at radius 2 is 0.800 bits per heavy atom. The van der Waals surface area contributed by atoms with Crippen LogP contribution in [0.1, 0.15) is 25.0 Å². The van der Waals surface area contributed by atoms with Crippen LogP contribution in [0.2, 0.25) is 0 Å². The molecule has 0 fully saturated rings. The van der Waals surface area contributed by atoms with Gasteiger partial charge >= 0.3 is 0 Å². The summed E-state index contributed by atoms with van der Waals surface area (Å²) < 4.78 is 0. The highest BCUT2D eigenvalue weighted by Gasteiger charge is 2.37. The fourth-order valence-electron chi connectivity index (χ4n) is 9.78. The molecule has 0 spiro atoms.